The second kappa shape index (κ2) is 6.58. The van der Waals surface area contributed by atoms with Crippen LogP contribution in [0.4, 0.5) is 0 Å². The molecule has 0 bridgehead atoms. The van der Waals surface area contributed by atoms with Crippen molar-refractivity contribution in [1.82, 2.24) is 19.4 Å². The van der Waals surface area contributed by atoms with Crippen LogP contribution >= 0.6 is 11.3 Å². The third-order valence-corrected chi connectivity index (χ3v) is 6.63. The molecule has 1 fully saturated rings. The van der Waals surface area contributed by atoms with Gasteiger partial charge in [0.05, 0.1) is 17.2 Å². The van der Waals surface area contributed by atoms with Crippen molar-refractivity contribution in [2.75, 3.05) is 19.6 Å². The van der Waals surface area contributed by atoms with Crippen molar-refractivity contribution >= 4 is 28.1 Å². The number of carbonyl (C=O) groups excluding carboxylic acids is 1. The van der Waals surface area contributed by atoms with E-state index in [4.69, 9.17) is 0 Å². The van der Waals surface area contributed by atoms with E-state index in [1.807, 2.05) is 28.4 Å². The minimum Gasteiger partial charge on any atom is -0.338 e. The molecule has 3 aromatic rings. The van der Waals surface area contributed by atoms with Gasteiger partial charge in [-0.05, 0) is 35.6 Å². The second-order valence-corrected chi connectivity index (χ2v) is 8.24. The molecule has 1 saturated heterocycles. The van der Waals surface area contributed by atoms with E-state index in [9.17, 15) is 9.59 Å². The molecule has 2 aliphatic rings. The van der Waals surface area contributed by atoms with Crippen LogP contribution in [0.5, 0.6) is 0 Å². The third-order valence-electron chi connectivity index (χ3n) is 5.61. The Morgan fingerprint density at radius 1 is 1.22 bits per heavy atom. The molecule has 7 heteroatoms. The van der Waals surface area contributed by atoms with E-state index in [-0.39, 0.29) is 18.0 Å². The molecule has 1 amide bonds. The molecule has 5 rings (SSSR count). The highest BCUT2D eigenvalue weighted by molar-refractivity contribution is 7.10. The molecule has 27 heavy (non-hydrogen) atoms. The molecule has 0 unspecified atom stereocenters. The summed E-state index contributed by atoms with van der Waals surface area (Å²) in [5, 5.41) is 2.72. The van der Waals surface area contributed by atoms with Crippen LogP contribution < -0.4 is 5.56 Å². The summed E-state index contributed by atoms with van der Waals surface area (Å²) < 4.78 is 1.41. The second-order valence-electron chi connectivity index (χ2n) is 7.24. The SMILES string of the molecule is O=C(Cn1cnc2ccccc2c1=O)N1CC(N2CCc3sccc3C2)C1. The number of carbonyl (C=O) groups is 1. The van der Waals surface area contributed by atoms with Crippen LogP contribution in [0.3, 0.4) is 0 Å². The Balaban J connectivity index is 1.23. The normalized spacial score (nSPS) is 17.7. The van der Waals surface area contributed by atoms with Crippen LogP contribution in [0.25, 0.3) is 10.9 Å². The Kier molecular flexibility index (Phi) is 4.06. The minimum atomic E-state index is -0.160. The zero-order valence-corrected chi connectivity index (χ0v) is 15.7. The first-order valence-electron chi connectivity index (χ1n) is 9.20. The number of benzene rings is 1. The number of nitrogens with zero attached hydrogens (tertiary/aromatic N) is 4. The Morgan fingerprint density at radius 3 is 2.96 bits per heavy atom. The number of hydrogen-bond donors (Lipinski definition) is 0. The lowest BCUT2D eigenvalue weighted by Gasteiger charge is -2.46. The van der Waals surface area contributed by atoms with Crippen LogP contribution in [0.2, 0.25) is 0 Å². The topological polar surface area (TPSA) is 58.4 Å². The van der Waals surface area contributed by atoms with E-state index in [0.717, 1.165) is 32.6 Å². The Labute approximate surface area is 160 Å². The van der Waals surface area contributed by atoms with Gasteiger partial charge in [0, 0.05) is 37.1 Å². The zero-order chi connectivity index (χ0) is 18.4. The predicted octanol–water partition coefficient (Wildman–Crippen LogP) is 1.73. The maximum Gasteiger partial charge on any atom is 0.261 e. The van der Waals surface area contributed by atoms with Crippen molar-refractivity contribution in [1.29, 1.82) is 0 Å². The highest BCUT2D eigenvalue weighted by atomic mass is 32.1. The van der Waals surface area contributed by atoms with Crippen molar-refractivity contribution in [3.63, 3.8) is 0 Å². The Hall–Kier alpha value is -2.51. The van der Waals surface area contributed by atoms with Gasteiger partial charge in [-0.15, -0.1) is 11.3 Å². The average Bonchev–Trinajstić information content (AvgIpc) is 3.11. The molecule has 6 nitrogen and oxygen atoms in total. The summed E-state index contributed by atoms with van der Waals surface area (Å²) in [4.78, 5) is 35.2. The first-order valence-corrected chi connectivity index (χ1v) is 10.1. The first-order chi connectivity index (χ1) is 13.2. The average molecular weight is 380 g/mol. The molecule has 0 saturated carbocycles. The van der Waals surface area contributed by atoms with E-state index in [0.29, 0.717) is 16.9 Å². The Morgan fingerprint density at radius 2 is 2.07 bits per heavy atom. The zero-order valence-electron chi connectivity index (χ0n) is 14.9. The maximum absolute atomic E-state index is 12.6. The summed E-state index contributed by atoms with van der Waals surface area (Å²) in [6.07, 6.45) is 2.58. The van der Waals surface area contributed by atoms with E-state index < -0.39 is 0 Å². The van der Waals surface area contributed by atoms with Crippen molar-refractivity contribution in [3.8, 4) is 0 Å². The van der Waals surface area contributed by atoms with E-state index >= 15 is 0 Å². The summed E-state index contributed by atoms with van der Waals surface area (Å²) in [6.45, 7) is 3.59. The highest BCUT2D eigenvalue weighted by Gasteiger charge is 2.36. The van der Waals surface area contributed by atoms with Gasteiger partial charge in [-0.25, -0.2) is 4.98 Å². The highest BCUT2D eigenvalue weighted by Crippen LogP contribution is 2.27. The number of amides is 1. The van der Waals surface area contributed by atoms with Gasteiger partial charge in [0.15, 0.2) is 0 Å². The standard InChI is InChI=1S/C20H20N4O2S/c25-19(12-24-13-21-17-4-2-1-3-16(17)20(24)26)23-10-15(11-23)22-7-5-18-14(9-22)6-8-27-18/h1-4,6,8,13,15H,5,7,9-12H2. The molecule has 0 radical (unpaired) electrons. The molecule has 0 atom stereocenters. The fraction of sp³-hybridized carbons (Fsp3) is 0.350. The number of aromatic nitrogens is 2. The van der Waals surface area contributed by atoms with Crippen molar-refractivity contribution in [2.45, 2.75) is 25.6 Å². The summed E-state index contributed by atoms with van der Waals surface area (Å²) in [6, 6.07) is 9.86. The summed E-state index contributed by atoms with van der Waals surface area (Å²) in [7, 11) is 0. The number of para-hydroxylation sites is 1. The van der Waals surface area contributed by atoms with E-state index in [1.54, 1.807) is 12.1 Å². The Bertz CT molecular complexity index is 1070. The number of hydrogen-bond acceptors (Lipinski definition) is 5. The van der Waals surface area contributed by atoms with Crippen LogP contribution in [-0.4, -0.2) is 50.9 Å². The predicted molar refractivity (Wildman–Crippen MR) is 105 cm³/mol. The van der Waals surface area contributed by atoms with Gasteiger partial charge in [-0.2, -0.15) is 0 Å². The van der Waals surface area contributed by atoms with Gasteiger partial charge in [-0.3, -0.25) is 19.1 Å². The lowest BCUT2D eigenvalue weighted by molar-refractivity contribution is -0.139. The molecule has 4 heterocycles. The van der Waals surface area contributed by atoms with Crippen molar-refractivity contribution in [2.24, 2.45) is 0 Å². The number of fused-ring (bicyclic) bond motifs is 2. The molecule has 0 aliphatic carbocycles. The molecular formula is C20H20N4O2S. The number of thiophene rings is 1. The van der Waals surface area contributed by atoms with Gasteiger partial charge in [-0.1, -0.05) is 12.1 Å². The monoisotopic (exact) mass is 380 g/mol. The molecule has 138 valence electrons. The summed E-state index contributed by atoms with van der Waals surface area (Å²) >= 11 is 1.84. The van der Waals surface area contributed by atoms with Crippen LogP contribution in [0.1, 0.15) is 10.4 Å². The van der Waals surface area contributed by atoms with Crippen molar-refractivity contribution < 1.29 is 4.79 Å². The number of rotatable bonds is 3. The lowest BCUT2D eigenvalue weighted by atomic mass is 10.0. The minimum absolute atomic E-state index is 0.0151. The van der Waals surface area contributed by atoms with Gasteiger partial charge in [0.25, 0.3) is 5.56 Å². The molecule has 2 aromatic heterocycles. The van der Waals surface area contributed by atoms with Crippen LogP contribution in [0, 0.1) is 0 Å². The lowest BCUT2D eigenvalue weighted by Crippen LogP contribution is -2.62. The quantitative estimate of drug-likeness (QED) is 0.694. The van der Waals surface area contributed by atoms with E-state index in [1.165, 1.54) is 21.3 Å². The fourth-order valence-corrected chi connectivity index (χ4v) is 4.83. The molecule has 0 N–H and O–H groups in total. The smallest absolute Gasteiger partial charge is 0.261 e. The van der Waals surface area contributed by atoms with Gasteiger partial charge in [0.2, 0.25) is 5.91 Å². The van der Waals surface area contributed by atoms with Crippen molar-refractivity contribution in [3.05, 3.63) is 62.8 Å². The van der Waals surface area contributed by atoms with Gasteiger partial charge < -0.3 is 4.90 Å². The fourth-order valence-electron chi connectivity index (χ4n) is 3.94. The molecular weight excluding hydrogens is 360 g/mol. The molecule has 0 spiro atoms. The van der Waals surface area contributed by atoms with Crippen LogP contribution in [-0.2, 0) is 24.3 Å². The number of likely N-dealkylation sites (tertiary alicyclic amines) is 1. The maximum atomic E-state index is 12.6. The molecule has 2 aliphatic heterocycles. The first kappa shape index (κ1) is 16.6. The van der Waals surface area contributed by atoms with Gasteiger partial charge >= 0.3 is 0 Å². The summed E-state index contributed by atoms with van der Waals surface area (Å²) in [5.74, 6) is -0.0151. The molecule has 1 aromatic carbocycles. The third kappa shape index (κ3) is 2.96. The van der Waals surface area contributed by atoms with Crippen LogP contribution in [0.15, 0.2) is 46.8 Å². The van der Waals surface area contributed by atoms with Gasteiger partial charge in [0.1, 0.15) is 6.54 Å². The largest absolute Gasteiger partial charge is 0.338 e. The summed E-state index contributed by atoms with van der Waals surface area (Å²) in [5.41, 5.74) is 1.94. The van der Waals surface area contributed by atoms with E-state index in [2.05, 4.69) is 21.3 Å².